The van der Waals surface area contributed by atoms with E-state index in [1.807, 2.05) is 72.8 Å². The fourth-order valence-electron chi connectivity index (χ4n) is 3.39. The van der Waals surface area contributed by atoms with E-state index >= 15 is 0 Å². The molecule has 0 saturated heterocycles. The van der Waals surface area contributed by atoms with E-state index in [4.69, 9.17) is 4.98 Å². The second kappa shape index (κ2) is 9.32. The van der Waals surface area contributed by atoms with Crippen LogP contribution in [0.25, 0.3) is 11.3 Å². The highest BCUT2D eigenvalue weighted by Crippen LogP contribution is 2.30. The Morgan fingerprint density at radius 3 is 2.23 bits per heavy atom. The molecule has 154 valence electrons. The van der Waals surface area contributed by atoms with Crippen molar-refractivity contribution >= 4 is 11.7 Å². The van der Waals surface area contributed by atoms with Crippen molar-refractivity contribution in [2.45, 2.75) is 19.4 Å². The van der Waals surface area contributed by atoms with E-state index in [1.165, 1.54) is 0 Å². The average molecular weight is 409 g/mol. The third-order valence-corrected chi connectivity index (χ3v) is 5.21. The molecule has 0 radical (unpaired) electrons. The maximum Gasteiger partial charge on any atom is 0.256 e. The predicted octanol–water partition coefficient (Wildman–Crippen LogP) is 5.04. The first-order valence-corrected chi connectivity index (χ1v) is 10.1. The summed E-state index contributed by atoms with van der Waals surface area (Å²) in [7, 11) is 0. The quantitative estimate of drug-likeness (QED) is 0.468. The van der Waals surface area contributed by atoms with Crippen molar-refractivity contribution in [3.05, 3.63) is 114 Å². The van der Waals surface area contributed by atoms with Gasteiger partial charge < -0.3 is 10.4 Å². The predicted molar refractivity (Wildman–Crippen MR) is 122 cm³/mol. The Kier molecular flexibility index (Phi) is 6.15. The molecular formula is C26H23N3O2. The molecule has 0 bridgehead atoms. The number of hydrogen-bond acceptors (Lipinski definition) is 4. The smallest absolute Gasteiger partial charge is 0.256 e. The SMILES string of the molecule is CC(c1ccccc1)c1nc(-c2ccc(CO)cc2)cnc1NC(=O)c1ccccc1. The van der Waals surface area contributed by atoms with Crippen LogP contribution in [0.2, 0.25) is 0 Å². The van der Waals surface area contributed by atoms with Gasteiger partial charge in [0.2, 0.25) is 0 Å². The van der Waals surface area contributed by atoms with Crippen molar-refractivity contribution in [3.63, 3.8) is 0 Å². The van der Waals surface area contributed by atoms with Crippen molar-refractivity contribution in [3.8, 4) is 11.3 Å². The third-order valence-electron chi connectivity index (χ3n) is 5.21. The molecule has 4 aromatic rings. The molecule has 4 rings (SSSR count). The lowest BCUT2D eigenvalue weighted by atomic mass is 9.97. The number of hydrogen-bond donors (Lipinski definition) is 2. The highest BCUT2D eigenvalue weighted by Gasteiger charge is 2.19. The molecule has 1 amide bonds. The number of anilines is 1. The Hall–Kier alpha value is -3.83. The number of aliphatic hydroxyl groups is 1. The number of amides is 1. The van der Waals surface area contributed by atoms with E-state index in [2.05, 4.69) is 17.2 Å². The maximum absolute atomic E-state index is 12.7. The monoisotopic (exact) mass is 409 g/mol. The topological polar surface area (TPSA) is 75.1 Å². The fraction of sp³-hybridized carbons (Fsp3) is 0.115. The Labute approximate surface area is 181 Å². The minimum atomic E-state index is -0.225. The minimum Gasteiger partial charge on any atom is -0.392 e. The number of benzene rings is 3. The van der Waals surface area contributed by atoms with Gasteiger partial charge in [0.15, 0.2) is 5.82 Å². The largest absolute Gasteiger partial charge is 0.392 e. The maximum atomic E-state index is 12.7. The van der Waals surface area contributed by atoms with E-state index in [0.29, 0.717) is 22.8 Å². The summed E-state index contributed by atoms with van der Waals surface area (Å²) in [5.74, 6) is 0.147. The Bertz CT molecular complexity index is 1160. The lowest BCUT2D eigenvalue weighted by Gasteiger charge is -2.17. The van der Waals surface area contributed by atoms with Crippen LogP contribution in [0.5, 0.6) is 0 Å². The number of nitrogens with one attached hydrogen (secondary N) is 1. The van der Waals surface area contributed by atoms with Crippen LogP contribution in [0.4, 0.5) is 5.82 Å². The standard InChI is InChI=1S/C26H23N3O2/c1-18(20-8-4-2-5-9-20)24-25(29-26(31)22-10-6-3-7-11-22)27-16-23(28-24)21-14-12-19(17-30)13-15-21/h2-16,18,30H,17H2,1H3,(H,27,29,31). The van der Waals surface area contributed by atoms with Crippen LogP contribution >= 0.6 is 0 Å². The third kappa shape index (κ3) is 4.68. The van der Waals surface area contributed by atoms with Gasteiger partial charge in [-0.15, -0.1) is 0 Å². The molecular weight excluding hydrogens is 386 g/mol. The van der Waals surface area contributed by atoms with Crippen molar-refractivity contribution in [2.24, 2.45) is 0 Å². The minimum absolute atomic E-state index is 0.00724. The van der Waals surface area contributed by atoms with Gasteiger partial charge in [0, 0.05) is 17.0 Å². The number of carbonyl (C=O) groups excluding carboxylic acids is 1. The van der Waals surface area contributed by atoms with Crippen molar-refractivity contribution in [1.82, 2.24) is 9.97 Å². The Balaban J connectivity index is 1.73. The molecule has 3 aromatic carbocycles. The molecule has 1 aromatic heterocycles. The second-order valence-electron chi connectivity index (χ2n) is 7.30. The first-order valence-electron chi connectivity index (χ1n) is 10.1. The van der Waals surface area contributed by atoms with Crippen molar-refractivity contribution < 1.29 is 9.90 Å². The number of aromatic nitrogens is 2. The van der Waals surface area contributed by atoms with E-state index < -0.39 is 0 Å². The summed E-state index contributed by atoms with van der Waals surface area (Å²) in [5, 5.41) is 12.2. The molecule has 0 aliphatic heterocycles. The summed E-state index contributed by atoms with van der Waals surface area (Å²) in [6.45, 7) is 2.04. The summed E-state index contributed by atoms with van der Waals surface area (Å²) in [6, 6.07) is 26.6. The summed E-state index contributed by atoms with van der Waals surface area (Å²) in [5.41, 5.74) is 4.78. The van der Waals surface area contributed by atoms with Gasteiger partial charge in [0.25, 0.3) is 5.91 Å². The molecule has 1 unspecified atom stereocenters. The molecule has 31 heavy (non-hydrogen) atoms. The van der Waals surface area contributed by atoms with E-state index in [1.54, 1.807) is 18.3 Å². The number of nitrogens with zero attached hydrogens (tertiary/aromatic N) is 2. The van der Waals surface area contributed by atoms with Gasteiger partial charge in [-0.3, -0.25) is 4.79 Å². The van der Waals surface area contributed by atoms with Gasteiger partial charge in [-0.2, -0.15) is 0 Å². The Morgan fingerprint density at radius 1 is 0.935 bits per heavy atom. The summed E-state index contributed by atoms with van der Waals surface area (Å²) in [4.78, 5) is 22.2. The van der Waals surface area contributed by atoms with Crippen LogP contribution < -0.4 is 5.32 Å². The van der Waals surface area contributed by atoms with Crippen LogP contribution in [0.15, 0.2) is 91.1 Å². The van der Waals surface area contributed by atoms with E-state index in [-0.39, 0.29) is 18.4 Å². The molecule has 2 N–H and O–H groups in total. The summed E-state index contributed by atoms with van der Waals surface area (Å²) in [6.07, 6.45) is 1.66. The first kappa shape index (κ1) is 20.4. The van der Waals surface area contributed by atoms with Gasteiger partial charge >= 0.3 is 0 Å². The van der Waals surface area contributed by atoms with Crippen LogP contribution in [0.1, 0.15) is 40.0 Å². The van der Waals surface area contributed by atoms with E-state index in [0.717, 1.165) is 16.7 Å². The summed E-state index contributed by atoms with van der Waals surface area (Å²) < 4.78 is 0. The molecule has 0 aliphatic rings. The Morgan fingerprint density at radius 2 is 1.58 bits per heavy atom. The molecule has 0 fully saturated rings. The lowest BCUT2D eigenvalue weighted by molar-refractivity contribution is 0.102. The molecule has 0 saturated carbocycles. The molecule has 0 spiro atoms. The van der Waals surface area contributed by atoms with Crippen LogP contribution in [-0.4, -0.2) is 21.0 Å². The number of rotatable bonds is 6. The highest BCUT2D eigenvalue weighted by atomic mass is 16.3. The van der Waals surface area contributed by atoms with Crippen LogP contribution in [0.3, 0.4) is 0 Å². The van der Waals surface area contributed by atoms with Crippen LogP contribution in [-0.2, 0) is 6.61 Å². The number of carbonyl (C=O) groups is 1. The molecule has 1 heterocycles. The number of aliphatic hydroxyl groups excluding tert-OH is 1. The zero-order valence-corrected chi connectivity index (χ0v) is 17.2. The molecule has 0 aliphatic carbocycles. The van der Waals surface area contributed by atoms with Gasteiger partial charge in [-0.05, 0) is 23.3 Å². The van der Waals surface area contributed by atoms with Crippen LogP contribution in [0, 0.1) is 0 Å². The van der Waals surface area contributed by atoms with Gasteiger partial charge in [0.05, 0.1) is 24.2 Å². The lowest BCUT2D eigenvalue weighted by Crippen LogP contribution is -2.16. The molecule has 5 nitrogen and oxygen atoms in total. The van der Waals surface area contributed by atoms with Crippen molar-refractivity contribution in [2.75, 3.05) is 5.32 Å². The normalized spacial score (nSPS) is 11.7. The van der Waals surface area contributed by atoms with Gasteiger partial charge in [-0.25, -0.2) is 9.97 Å². The zero-order chi connectivity index (χ0) is 21.6. The first-order chi connectivity index (χ1) is 15.2. The average Bonchev–Trinajstić information content (AvgIpc) is 2.85. The fourth-order valence-corrected chi connectivity index (χ4v) is 3.39. The van der Waals surface area contributed by atoms with Gasteiger partial charge in [0.1, 0.15) is 0 Å². The van der Waals surface area contributed by atoms with Crippen molar-refractivity contribution in [1.29, 1.82) is 0 Å². The van der Waals surface area contributed by atoms with Gasteiger partial charge in [-0.1, -0.05) is 79.7 Å². The zero-order valence-electron chi connectivity index (χ0n) is 17.2. The summed E-state index contributed by atoms with van der Waals surface area (Å²) >= 11 is 0. The highest BCUT2D eigenvalue weighted by molar-refractivity contribution is 6.04. The second-order valence-corrected chi connectivity index (χ2v) is 7.30. The van der Waals surface area contributed by atoms with E-state index in [9.17, 15) is 9.90 Å². The molecule has 5 heteroatoms. The molecule has 1 atom stereocenters.